The number of nitrogens with one attached hydrogen (secondary N) is 2. The molecule has 2 fully saturated rings. The first kappa shape index (κ1) is 21.1. The lowest BCUT2D eigenvalue weighted by Gasteiger charge is -2.30. The van der Waals surface area contributed by atoms with Crippen molar-refractivity contribution in [2.75, 3.05) is 5.75 Å². The summed E-state index contributed by atoms with van der Waals surface area (Å²) in [6, 6.07) is 6.10. The van der Waals surface area contributed by atoms with Crippen molar-refractivity contribution in [3.63, 3.8) is 0 Å². The lowest BCUT2D eigenvalue weighted by molar-refractivity contribution is -0.138. The van der Waals surface area contributed by atoms with Crippen LogP contribution in [0.2, 0.25) is 0 Å². The topological polar surface area (TPSA) is 95.6 Å². The molecule has 0 aromatic heterocycles. The highest BCUT2D eigenvalue weighted by molar-refractivity contribution is 8.01. The first-order valence-electron chi connectivity index (χ1n) is 9.29. The van der Waals surface area contributed by atoms with E-state index in [1.165, 1.54) is 6.07 Å². The summed E-state index contributed by atoms with van der Waals surface area (Å²) in [6.07, 6.45) is 1.21. The third-order valence-electron chi connectivity index (χ3n) is 4.90. The van der Waals surface area contributed by atoms with Crippen LogP contribution in [0.1, 0.15) is 46.1 Å². The van der Waals surface area contributed by atoms with Crippen LogP contribution in [0, 0.1) is 0 Å². The van der Waals surface area contributed by atoms with Crippen molar-refractivity contribution in [2.45, 2.75) is 68.4 Å². The van der Waals surface area contributed by atoms with E-state index in [0.29, 0.717) is 17.7 Å². The fraction of sp³-hybridized carbons (Fsp3) is 0.579. The van der Waals surface area contributed by atoms with Gasteiger partial charge in [-0.05, 0) is 45.7 Å². The number of thioether (sulfide) groups is 1. The molecule has 0 saturated carbocycles. The summed E-state index contributed by atoms with van der Waals surface area (Å²) in [5.41, 5.74) is -0.106. The van der Waals surface area contributed by atoms with Crippen LogP contribution >= 0.6 is 11.8 Å². The van der Waals surface area contributed by atoms with E-state index in [4.69, 9.17) is 0 Å². The van der Waals surface area contributed by atoms with Gasteiger partial charge in [0, 0.05) is 24.3 Å². The summed E-state index contributed by atoms with van der Waals surface area (Å²) in [5, 5.41) is 2.83. The van der Waals surface area contributed by atoms with Gasteiger partial charge in [-0.15, -0.1) is 11.8 Å². The molecule has 2 amide bonds. The normalized spacial score (nSPS) is 25.1. The summed E-state index contributed by atoms with van der Waals surface area (Å²) in [7, 11) is -3.72. The van der Waals surface area contributed by atoms with E-state index < -0.39 is 21.6 Å². The molecule has 7 nitrogen and oxygen atoms in total. The van der Waals surface area contributed by atoms with E-state index in [-0.39, 0.29) is 28.1 Å². The molecule has 0 spiro atoms. The zero-order valence-electron chi connectivity index (χ0n) is 16.6. The van der Waals surface area contributed by atoms with Gasteiger partial charge >= 0.3 is 0 Å². The van der Waals surface area contributed by atoms with E-state index >= 15 is 0 Å². The largest absolute Gasteiger partial charge is 0.350 e. The van der Waals surface area contributed by atoms with Crippen molar-refractivity contribution in [3.05, 3.63) is 29.8 Å². The number of hydrogen-bond acceptors (Lipinski definition) is 5. The molecule has 9 heteroatoms. The van der Waals surface area contributed by atoms with E-state index in [1.54, 1.807) is 55.6 Å². The van der Waals surface area contributed by atoms with Crippen LogP contribution in [-0.4, -0.2) is 47.3 Å². The second kappa shape index (κ2) is 7.35. The van der Waals surface area contributed by atoms with Crippen LogP contribution in [0.4, 0.5) is 0 Å². The summed E-state index contributed by atoms with van der Waals surface area (Å²) >= 11 is 1.63. The lowest BCUT2D eigenvalue weighted by Crippen LogP contribution is -2.50. The van der Waals surface area contributed by atoms with E-state index in [1.807, 2.05) is 6.92 Å². The molecular weight excluding hydrogens is 398 g/mol. The first-order chi connectivity index (χ1) is 12.9. The van der Waals surface area contributed by atoms with Crippen LogP contribution in [0.5, 0.6) is 0 Å². The summed E-state index contributed by atoms with van der Waals surface area (Å²) in [6.45, 7) is 7.40. The van der Waals surface area contributed by atoms with Crippen molar-refractivity contribution >= 4 is 33.6 Å². The highest BCUT2D eigenvalue weighted by Gasteiger charge is 2.52. The smallest absolute Gasteiger partial charge is 0.243 e. The SMILES string of the molecule is CC(C)(C)NS(=O)(=O)c1ccccc1CNC(=O)C1CSC2(C)CCC(=O)N12. The zero-order valence-corrected chi connectivity index (χ0v) is 18.2. The number of rotatable bonds is 5. The second-order valence-corrected chi connectivity index (χ2v) is 11.6. The zero-order chi connectivity index (χ0) is 20.7. The van der Waals surface area contributed by atoms with Gasteiger partial charge in [-0.2, -0.15) is 0 Å². The molecule has 2 saturated heterocycles. The van der Waals surface area contributed by atoms with Crippen molar-refractivity contribution in [2.24, 2.45) is 0 Å². The number of benzene rings is 1. The monoisotopic (exact) mass is 425 g/mol. The van der Waals surface area contributed by atoms with Crippen LogP contribution < -0.4 is 10.0 Å². The van der Waals surface area contributed by atoms with Crippen molar-refractivity contribution in [3.8, 4) is 0 Å². The molecule has 2 aliphatic rings. The molecule has 2 N–H and O–H groups in total. The number of nitrogens with zero attached hydrogens (tertiary/aromatic N) is 1. The predicted molar refractivity (Wildman–Crippen MR) is 109 cm³/mol. The molecule has 0 bridgehead atoms. The average Bonchev–Trinajstić information content (AvgIpc) is 3.07. The summed E-state index contributed by atoms with van der Waals surface area (Å²) in [5.74, 6) is 0.312. The summed E-state index contributed by atoms with van der Waals surface area (Å²) in [4.78, 5) is 26.5. The minimum atomic E-state index is -3.72. The first-order valence-corrected chi connectivity index (χ1v) is 11.8. The Morgan fingerprint density at radius 1 is 1.32 bits per heavy atom. The Morgan fingerprint density at radius 3 is 2.68 bits per heavy atom. The van der Waals surface area contributed by atoms with Crippen LogP contribution in [0.25, 0.3) is 0 Å². The second-order valence-electron chi connectivity index (χ2n) is 8.45. The quantitative estimate of drug-likeness (QED) is 0.750. The molecular formula is C19H27N3O4S2. The third-order valence-corrected chi connectivity index (χ3v) is 8.27. The highest BCUT2D eigenvalue weighted by Crippen LogP contribution is 2.47. The van der Waals surface area contributed by atoms with Gasteiger partial charge in [0.2, 0.25) is 21.8 Å². The molecule has 28 heavy (non-hydrogen) atoms. The average molecular weight is 426 g/mol. The summed E-state index contributed by atoms with van der Waals surface area (Å²) < 4.78 is 28.1. The molecule has 0 radical (unpaired) electrons. The van der Waals surface area contributed by atoms with Crippen molar-refractivity contribution in [1.29, 1.82) is 0 Å². The Hall–Kier alpha value is -1.58. The van der Waals surface area contributed by atoms with Crippen LogP contribution in [-0.2, 0) is 26.2 Å². The van der Waals surface area contributed by atoms with Gasteiger partial charge in [0.15, 0.2) is 0 Å². The molecule has 2 heterocycles. The Balaban J connectivity index is 1.74. The molecule has 2 aliphatic heterocycles. The van der Waals surface area contributed by atoms with E-state index in [2.05, 4.69) is 10.0 Å². The number of amides is 2. The Bertz CT molecular complexity index is 895. The number of fused-ring (bicyclic) bond motifs is 1. The Morgan fingerprint density at radius 2 is 2.00 bits per heavy atom. The van der Waals surface area contributed by atoms with Gasteiger partial charge < -0.3 is 10.2 Å². The lowest BCUT2D eigenvalue weighted by atomic mass is 10.1. The number of sulfonamides is 1. The molecule has 1 aromatic rings. The fourth-order valence-electron chi connectivity index (χ4n) is 3.68. The number of carbonyl (C=O) groups excluding carboxylic acids is 2. The van der Waals surface area contributed by atoms with Gasteiger partial charge in [0.05, 0.1) is 9.77 Å². The van der Waals surface area contributed by atoms with Gasteiger partial charge in [0.25, 0.3) is 0 Å². The fourth-order valence-corrected chi connectivity index (χ4v) is 6.78. The molecule has 2 atom stereocenters. The van der Waals surface area contributed by atoms with Gasteiger partial charge in [-0.3, -0.25) is 9.59 Å². The maximum absolute atomic E-state index is 12.8. The molecule has 1 aromatic carbocycles. The minimum absolute atomic E-state index is 0.00463. The number of carbonyl (C=O) groups is 2. The maximum atomic E-state index is 12.8. The van der Waals surface area contributed by atoms with Crippen molar-refractivity contribution < 1.29 is 18.0 Å². The predicted octanol–water partition coefficient (Wildman–Crippen LogP) is 1.83. The van der Waals surface area contributed by atoms with E-state index in [9.17, 15) is 18.0 Å². The molecule has 3 rings (SSSR count). The number of hydrogen-bond donors (Lipinski definition) is 2. The Labute approximate surface area is 170 Å². The maximum Gasteiger partial charge on any atom is 0.243 e. The van der Waals surface area contributed by atoms with Crippen LogP contribution in [0.15, 0.2) is 29.2 Å². The van der Waals surface area contributed by atoms with Gasteiger partial charge in [0.1, 0.15) is 6.04 Å². The molecule has 0 aliphatic carbocycles. The third kappa shape index (κ3) is 4.21. The standard InChI is InChI=1S/C19H27N3O4S2/c1-18(2,3)21-28(25,26)15-8-6-5-7-13(15)11-20-17(24)14-12-27-19(4)10-9-16(23)22(14)19/h5-8,14,21H,9-12H2,1-4H3,(H,20,24). The Kier molecular flexibility index (Phi) is 5.55. The minimum Gasteiger partial charge on any atom is -0.350 e. The van der Waals surface area contributed by atoms with Gasteiger partial charge in [-0.1, -0.05) is 18.2 Å². The highest BCUT2D eigenvalue weighted by atomic mass is 32.2. The van der Waals surface area contributed by atoms with Crippen molar-refractivity contribution in [1.82, 2.24) is 14.9 Å². The van der Waals surface area contributed by atoms with Gasteiger partial charge in [-0.25, -0.2) is 13.1 Å². The van der Waals surface area contributed by atoms with Crippen LogP contribution in [0.3, 0.4) is 0 Å². The molecule has 2 unspecified atom stereocenters. The molecule has 154 valence electrons. The van der Waals surface area contributed by atoms with E-state index in [0.717, 1.165) is 6.42 Å².